The summed E-state index contributed by atoms with van der Waals surface area (Å²) < 4.78 is 44.3. The molecule has 182 valence electrons. The number of benzene rings is 1. The Morgan fingerprint density at radius 1 is 1.29 bits per heavy atom. The lowest BCUT2D eigenvalue weighted by Crippen LogP contribution is -2.50. The third-order valence-electron chi connectivity index (χ3n) is 5.72. The first-order valence-corrected chi connectivity index (χ1v) is 12.6. The number of likely N-dealkylation sites (N-methyl/N-ethyl adjacent to an activating group) is 1. The molecule has 0 fully saturated rings. The van der Waals surface area contributed by atoms with Crippen LogP contribution >= 0.6 is 0 Å². The van der Waals surface area contributed by atoms with Crippen molar-refractivity contribution in [3.63, 3.8) is 0 Å². The van der Waals surface area contributed by atoms with Gasteiger partial charge in [-0.1, -0.05) is 18.8 Å². The highest BCUT2D eigenvalue weighted by atomic mass is 32.2. The Morgan fingerprint density at radius 2 is 1.94 bits per heavy atom. The predicted octanol–water partition coefficient (Wildman–Crippen LogP) is 1.73. The zero-order valence-electron chi connectivity index (χ0n) is 19.5. The molecule has 3 atom stereocenters. The number of pyridine rings is 1. The van der Waals surface area contributed by atoms with Crippen molar-refractivity contribution in [3.8, 4) is 17.7 Å². The number of hydrogen-bond acceptors (Lipinski definition) is 6. The van der Waals surface area contributed by atoms with Gasteiger partial charge in [0, 0.05) is 36.8 Å². The van der Waals surface area contributed by atoms with Gasteiger partial charge in [-0.3, -0.25) is 4.79 Å². The molecule has 0 radical (unpaired) electrons. The molecule has 0 unspecified atom stereocenters. The predicted molar refractivity (Wildman–Crippen MR) is 125 cm³/mol. The van der Waals surface area contributed by atoms with Gasteiger partial charge in [0.15, 0.2) is 0 Å². The van der Waals surface area contributed by atoms with Crippen molar-refractivity contribution in [2.45, 2.75) is 26.0 Å². The van der Waals surface area contributed by atoms with Crippen LogP contribution in [0, 0.1) is 23.6 Å². The summed E-state index contributed by atoms with van der Waals surface area (Å²) in [5.74, 6) is 4.93. The number of rotatable bonds is 5. The van der Waals surface area contributed by atoms with Gasteiger partial charge in [0.05, 0.1) is 25.4 Å². The number of aliphatic hydroxyl groups is 1. The molecule has 8 nitrogen and oxygen atoms in total. The Balaban J connectivity index is 2.01. The number of sulfonamides is 1. The molecule has 1 aliphatic heterocycles. The summed E-state index contributed by atoms with van der Waals surface area (Å²) in [6.45, 7) is 3.69. The Bertz CT molecular complexity index is 1210. The third-order valence-corrected chi connectivity index (χ3v) is 7.00. The first-order chi connectivity index (χ1) is 16.0. The minimum Gasteiger partial charge on any atom is -0.472 e. The molecule has 1 aliphatic rings. The SMILES string of the molecule is C[C@@H]1CN([C@@H](C)CO)C(=O)c2cc(C#Cc3ccc(F)cc3)cnc2O[C@@H]1CN(C)S(C)(=O)=O. The molecule has 1 amide bonds. The summed E-state index contributed by atoms with van der Waals surface area (Å²) in [6.07, 6.45) is 2.00. The second kappa shape index (κ2) is 10.5. The summed E-state index contributed by atoms with van der Waals surface area (Å²) in [5, 5.41) is 9.73. The van der Waals surface area contributed by atoms with Crippen molar-refractivity contribution in [3.05, 3.63) is 59.0 Å². The van der Waals surface area contributed by atoms with E-state index in [-0.39, 0.29) is 48.8 Å². The molecule has 34 heavy (non-hydrogen) atoms. The van der Waals surface area contributed by atoms with Crippen LogP contribution in [0.5, 0.6) is 5.88 Å². The molecule has 0 spiro atoms. The van der Waals surface area contributed by atoms with Gasteiger partial charge >= 0.3 is 0 Å². The standard InChI is InChI=1S/C24H28FN3O5S/c1-16-13-28(17(2)15-29)24(30)21-11-19(6-5-18-7-9-20(25)10-8-18)12-26-23(21)33-22(16)14-27(3)34(4,31)32/h7-12,16-17,22,29H,13-15H2,1-4H3/t16-,17+,22-/m1/s1. The molecule has 2 heterocycles. The average Bonchev–Trinajstić information content (AvgIpc) is 2.79. The number of carbonyl (C=O) groups is 1. The first-order valence-electron chi connectivity index (χ1n) is 10.8. The first kappa shape index (κ1) is 25.6. The topological polar surface area (TPSA) is 100 Å². The van der Waals surface area contributed by atoms with Gasteiger partial charge in [-0.25, -0.2) is 22.1 Å². The average molecular weight is 490 g/mol. The molecule has 0 aliphatic carbocycles. The zero-order chi connectivity index (χ0) is 25.0. The highest BCUT2D eigenvalue weighted by Crippen LogP contribution is 2.27. The number of fused-ring (bicyclic) bond motifs is 1. The smallest absolute Gasteiger partial charge is 0.259 e. The van der Waals surface area contributed by atoms with E-state index in [4.69, 9.17) is 4.74 Å². The second-order valence-electron chi connectivity index (χ2n) is 8.50. The monoisotopic (exact) mass is 489 g/mol. The molecule has 0 bridgehead atoms. The molecule has 1 aromatic heterocycles. The van der Waals surface area contributed by atoms with Gasteiger partial charge in [-0.2, -0.15) is 0 Å². The van der Waals surface area contributed by atoms with E-state index in [0.717, 1.165) is 6.26 Å². The molecule has 0 saturated carbocycles. The van der Waals surface area contributed by atoms with Gasteiger partial charge in [0.1, 0.15) is 17.5 Å². The van der Waals surface area contributed by atoms with Gasteiger partial charge in [0.25, 0.3) is 5.91 Å². The molecule has 0 saturated heterocycles. The lowest BCUT2D eigenvalue weighted by Gasteiger charge is -2.37. The van der Waals surface area contributed by atoms with Crippen molar-refractivity contribution in [2.75, 3.05) is 33.0 Å². The van der Waals surface area contributed by atoms with Gasteiger partial charge < -0.3 is 14.7 Å². The number of nitrogens with zero attached hydrogens (tertiary/aromatic N) is 3. The van der Waals surface area contributed by atoms with E-state index in [0.29, 0.717) is 11.1 Å². The Labute approximate surface area is 199 Å². The largest absolute Gasteiger partial charge is 0.472 e. The van der Waals surface area contributed by atoms with Crippen LogP contribution in [0.2, 0.25) is 0 Å². The van der Waals surface area contributed by atoms with Gasteiger partial charge in [-0.15, -0.1) is 0 Å². The van der Waals surface area contributed by atoms with Crippen molar-refractivity contribution in [1.82, 2.24) is 14.2 Å². The summed E-state index contributed by atoms with van der Waals surface area (Å²) in [5.41, 5.74) is 1.23. The Kier molecular flexibility index (Phi) is 7.92. The summed E-state index contributed by atoms with van der Waals surface area (Å²) >= 11 is 0. The maximum Gasteiger partial charge on any atom is 0.259 e. The number of hydrogen-bond donors (Lipinski definition) is 1. The Morgan fingerprint density at radius 3 is 2.56 bits per heavy atom. The van der Waals surface area contributed by atoms with Crippen LogP contribution < -0.4 is 4.74 Å². The molecule has 2 aromatic rings. The number of amides is 1. The normalized spacial score (nSPS) is 19.4. The number of aromatic nitrogens is 1. The highest BCUT2D eigenvalue weighted by molar-refractivity contribution is 7.88. The lowest BCUT2D eigenvalue weighted by atomic mass is 10.0. The summed E-state index contributed by atoms with van der Waals surface area (Å²) in [6, 6.07) is 6.81. The van der Waals surface area contributed by atoms with E-state index in [1.54, 1.807) is 30.0 Å². The fourth-order valence-corrected chi connectivity index (χ4v) is 3.87. The van der Waals surface area contributed by atoms with Gasteiger partial charge in [0.2, 0.25) is 15.9 Å². The van der Waals surface area contributed by atoms with E-state index in [2.05, 4.69) is 16.8 Å². The number of aliphatic hydroxyl groups excluding tert-OH is 1. The van der Waals surface area contributed by atoms with Crippen LogP contribution in [0.4, 0.5) is 4.39 Å². The zero-order valence-corrected chi connectivity index (χ0v) is 20.3. The van der Waals surface area contributed by atoms with Crippen LogP contribution in [0.25, 0.3) is 0 Å². The van der Waals surface area contributed by atoms with Crippen molar-refractivity contribution < 1.29 is 27.4 Å². The highest BCUT2D eigenvalue weighted by Gasteiger charge is 2.35. The third kappa shape index (κ3) is 6.11. The Hall–Kier alpha value is -3.00. The van der Waals surface area contributed by atoms with Gasteiger partial charge in [-0.05, 0) is 37.3 Å². The molecule has 1 N–H and O–H groups in total. The lowest BCUT2D eigenvalue weighted by molar-refractivity contribution is 0.0373. The van der Waals surface area contributed by atoms with E-state index < -0.39 is 22.2 Å². The van der Waals surface area contributed by atoms with Crippen molar-refractivity contribution in [2.24, 2.45) is 5.92 Å². The van der Waals surface area contributed by atoms with E-state index in [9.17, 15) is 22.7 Å². The molecular weight excluding hydrogens is 461 g/mol. The molecule has 3 rings (SSSR count). The summed E-state index contributed by atoms with van der Waals surface area (Å²) in [4.78, 5) is 19.2. The van der Waals surface area contributed by atoms with E-state index in [1.165, 1.54) is 29.7 Å². The quantitative estimate of drug-likeness (QED) is 0.643. The maximum atomic E-state index is 13.4. The molecule has 10 heteroatoms. The minimum absolute atomic E-state index is 0.0722. The van der Waals surface area contributed by atoms with Crippen LogP contribution in [0.1, 0.15) is 35.3 Å². The van der Waals surface area contributed by atoms with Crippen LogP contribution in [0.3, 0.4) is 0 Å². The van der Waals surface area contributed by atoms with Crippen LogP contribution in [-0.4, -0.2) is 78.8 Å². The molecular formula is C24H28FN3O5S. The van der Waals surface area contributed by atoms with Crippen LogP contribution in [0.15, 0.2) is 36.5 Å². The van der Waals surface area contributed by atoms with Crippen LogP contribution in [-0.2, 0) is 10.0 Å². The van der Waals surface area contributed by atoms with E-state index in [1.807, 2.05) is 6.92 Å². The molecule has 1 aromatic carbocycles. The van der Waals surface area contributed by atoms with E-state index >= 15 is 0 Å². The fraction of sp³-hybridized carbons (Fsp3) is 0.417. The van der Waals surface area contributed by atoms with Crippen molar-refractivity contribution >= 4 is 15.9 Å². The number of ether oxygens (including phenoxy) is 1. The minimum atomic E-state index is -3.44. The number of halogens is 1. The summed E-state index contributed by atoms with van der Waals surface area (Å²) in [7, 11) is -1.98. The maximum absolute atomic E-state index is 13.4. The fourth-order valence-electron chi connectivity index (χ4n) is 3.45. The van der Waals surface area contributed by atoms with Crippen molar-refractivity contribution in [1.29, 1.82) is 0 Å². The second-order valence-corrected chi connectivity index (χ2v) is 10.6. The number of carbonyl (C=O) groups excluding carboxylic acids is 1.